The number of alkyl halides is 3. The molecule has 1 atom stereocenters. The fourth-order valence-electron chi connectivity index (χ4n) is 1.45. The zero-order valence-electron chi connectivity index (χ0n) is 10.2. The summed E-state index contributed by atoms with van der Waals surface area (Å²) in [5.74, 6) is -0.661. The van der Waals surface area contributed by atoms with Gasteiger partial charge in [0.15, 0.2) is 5.82 Å². The van der Waals surface area contributed by atoms with Crippen molar-refractivity contribution in [2.75, 3.05) is 12.4 Å². The van der Waals surface area contributed by atoms with Crippen LogP contribution in [0.1, 0.15) is 24.6 Å². The molecule has 102 valence electrons. The van der Waals surface area contributed by atoms with Crippen molar-refractivity contribution in [3.63, 3.8) is 0 Å². The predicted molar refractivity (Wildman–Crippen MR) is 58.0 cm³/mol. The second-order valence-corrected chi connectivity index (χ2v) is 3.69. The lowest BCUT2D eigenvalue weighted by Gasteiger charge is -2.12. The Morgan fingerprint density at radius 3 is 2.56 bits per heavy atom. The van der Waals surface area contributed by atoms with E-state index in [2.05, 4.69) is 10.4 Å². The molecule has 1 aromatic heterocycles. The van der Waals surface area contributed by atoms with Crippen LogP contribution in [-0.4, -0.2) is 29.3 Å². The van der Waals surface area contributed by atoms with Crippen molar-refractivity contribution in [3.8, 4) is 0 Å². The summed E-state index contributed by atoms with van der Waals surface area (Å²) in [6, 6.07) is 0. The predicted octanol–water partition coefficient (Wildman–Crippen LogP) is 2.10. The number of carbonyl (C=O) groups is 1. The number of anilines is 1. The highest BCUT2D eigenvalue weighted by atomic mass is 19.4. The summed E-state index contributed by atoms with van der Waals surface area (Å²) in [6.45, 7) is 2.96. The first-order chi connectivity index (χ1) is 8.31. The topological polar surface area (TPSA) is 67.0 Å². The smallest absolute Gasteiger partial charge is 0.372 e. The minimum absolute atomic E-state index is 0.136. The van der Waals surface area contributed by atoms with Crippen LogP contribution in [0.15, 0.2) is 0 Å². The van der Waals surface area contributed by atoms with Gasteiger partial charge in [-0.3, -0.25) is 9.89 Å². The maximum atomic E-state index is 12.5. The fraction of sp³-hybridized carbons (Fsp3) is 0.600. The second kappa shape index (κ2) is 5.38. The molecule has 8 heteroatoms. The number of H-pyrrole nitrogens is 1. The molecule has 0 fully saturated rings. The molecular formula is C10H14F3N3O2. The number of aromatic amines is 1. The van der Waals surface area contributed by atoms with E-state index >= 15 is 0 Å². The lowest BCUT2D eigenvalue weighted by atomic mass is 10.2. The van der Waals surface area contributed by atoms with Crippen molar-refractivity contribution in [1.82, 2.24) is 10.2 Å². The molecule has 18 heavy (non-hydrogen) atoms. The highest BCUT2D eigenvalue weighted by Crippen LogP contribution is 2.32. The Morgan fingerprint density at radius 1 is 1.56 bits per heavy atom. The Labute approximate surface area is 102 Å². The van der Waals surface area contributed by atoms with Crippen LogP contribution in [0.5, 0.6) is 0 Å². The Bertz CT molecular complexity index is 424. The minimum atomic E-state index is -4.52. The summed E-state index contributed by atoms with van der Waals surface area (Å²) in [6.07, 6.45) is -4.82. The zero-order chi connectivity index (χ0) is 13.9. The van der Waals surface area contributed by atoms with Crippen LogP contribution >= 0.6 is 0 Å². The van der Waals surface area contributed by atoms with Crippen molar-refractivity contribution < 1.29 is 22.7 Å². The van der Waals surface area contributed by atoms with Gasteiger partial charge in [-0.15, -0.1) is 0 Å². The van der Waals surface area contributed by atoms with Gasteiger partial charge in [-0.2, -0.15) is 18.3 Å². The summed E-state index contributed by atoms with van der Waals surface area (Å²) in [5.41, 5.74) is -1.12. The monoisotopic (exact) mass is 265 g/mol. The standard InChI is InChI=1S/C10H14F3N3O2/c1-4-6(18-3)9(17)14-8-5(2)7(15-16-8)10(11,12)13/h6H,4H2,1-3H3,(H2,14,15,16,17). The van der Waals surface area contributed by atoms with Crippen LogP contribution in [-0.2, 0) is 15.7 Å². The van der Waals surface area contributed by atoms with E-state index in [0.29, 0.717) is 6.42 Å². The third-order valence-electron chi connectivity index (χ3n) is 2.48. The van der Waals surface area contributed by atoms with Gasteiger partial charge in [0.25, 0.3) is 5.91 Å². The molecule has 5 nitrogen and oxygen atoms in total. The van der Waals surface area contributed by atoms with E-state index in [4.69, 9.17) is 4.74 Å². The molecular weight excluding hydrogens is 251 g/mol. The Hall–Kier alpha value is -1.57. The quantitative estimate of drug-likeness (QED) is 0.876. The fourth-order valence-corrected chi connectivity index (χ4v) is 1.45. The first kappa shape index (κ1) is 14.5. The number of hydrogen-bond acceptors (Lipinski definition) is 3. The highest BCUT2D eigenvalue weighted by molar-refractivity contribution is 5.93. The van der Waals surface area contributed by atoms with Gasteiger partial charge in [0.2, 0.25) is 0 Å². The molecule has 0 aliphatic heterocycles. The third kappa shape index (κ3) is 3.00. The number of carbonyl (C=O) groups excluding carboxylic acids is 1. The van der Waals surface area contributed by atoms with E-state index in [1.165, 1.54) is 14.0 Å². The van der Waals surface area contributed by atoms with Crippen LogP contribution < -0.4 is 5.32 Å². The van der Waals surface area contributed by atoms with Gasteiger partial charge < -0.3 is 10.1 Å². The average molecular weight is 265 g/mol. The molecule has 1 unspecified atom stereocenters. The number of nitrogens with zero attached hydrogens (tertiary/aromatic N) is 1. The largest absolute Gasteiger partial charge is 0.433 e. The Balaban J connectivity index is 2.87. The summed E-state index contributed by atoms with van der Waals surface area (Å²) in [7, 11) is 1.35. The molecule has 0 aromatic carbocycles. The SMILES string of the molecule is CCC(OC)C(=O)Nc1n[nH]c(C(F)(F)F)c1C. The number of ether oxygens (including phenoxy) is 1. The van der Waals surface area contributed by atoms with Gasteiger partial charge in [-0.25, -0.2) is 0 Å². The molecule has 0 bridgehead atoms. The van der Waals surface area contributed by atoms with E-state index < -0.39 is 23.9 Å². The summed E-state index contributed by atoms with van der Waals surface area (Å²) in [4.78, 5) is 11.6. The maximum Gasteiger partial charge on any atom is 0.433 e. The normalized spacial score (nSPS) is 13.4. The van der Waals surface area contributed by atoms with E-state index in [9.17, 15) is 18.0 Å². The summed E-state index contributed by atoms with van der Waals surface area (Å²) in [5, 5.41) is 7.60. The molecule has 0 radical (unpaired) electrons. The number of hydrogen-bond donors (Lipinski definition) is 2. The van der Waals surface area contributed by atoms with Crippen molar-refractivity contribution in [1.29, 1.82) is 0 Å². The molecule has 0 aliphatic rings. The zero-order valence-corrected chi connectivity index (χ0v) is 10.2. The summed E-state index contributed by atoms with van der Waals surface area (Å²) >= 11 is 0. The maximum absolute atomic E-state index is 12.5. The number of rotatable bonds is 4. The van der Waals surface area contributed by atoms with Crippen LogP contribution in [0, 0.1) is 6.92 Å². The van der Waals surface area contributed by atoms with Crippen LogP contribution in [0.3, 0.4) is 0 Å². The molecule has 2 N–H and O–H groups in total. The summed E-state index contributed by atoms with van der Waals surface area (Å²) < 4.78 is 42.3. The lowest BCUT2D eigenvalue weighted by molar-refractivity contribution is -0.141. The van der Waals surface area contributed by atoms with Crippen LogP contribution in [0.25, 0.3) is 0 Å². The van der Waals surface area contributed by atoms with E-state index in [-0.39, 0.29) is 11.4 Å². The molecule has 1 aromatic rings. The van der Waals surface area contributed by atoms with Crippen molar-refractivity contribution in [2.45, 2.75) is 32.5 Å². The second-order valence-electron chi connectivity index (χ2n) is 3.69. The van der Waals surface area contributed by atoms with E-state index in [1.54, 1.807) is 6.92 Å². The van der Waals surface area contributed by atoms with Gasteiger partial charge in [-0.1, -0.05) is 6.92 Å². The molecule has 1 rings (SSSR count). The molecule has 0 saturated carbocycles. The molecule has 0 saturated heterocycles. The van der Waals surface area contributed by atoms with E-state index in [1.807, 2.05) is 5.10 Å². The number of amides is 1. The highest BCUT2D eigenvalue weighted by Gasteiger charge is 2.36. The first-order valence-corrected chi connectivity index (χ1v) is 5.27. The molecule has 0 spiro atoms. The lowest BCUT2D eigenvalue weighted by Crippen LogP contribution is -2.29. The number of methoxy groups -OCH3 is 1. The van der Waals surface area contributed by atoms with Crippen molar-refractivity contribution in [3.05, 3.63) is 11.3 Å². The minimum Gasteiger partial charge on any atom is -0.372 e. The Kier molecular flexibility index (Phi) is 4.33. The van der Waals surface area contributed by atoms with Crippen LogP contribution in [0.2, 0.25) is 0 Å². The van der Waals surface area contributed by atoms with Crippen LogP contribution in [0.4, 0.5) is 19.0 Å². The van der Waals surface area contributed by atoms with Gasteiger partial charge >= 0.3 is 6.18 Å². The third-order valence-corrected chi connectivity index (χ3v) is 2.48. The number of aromatic nitrogens is 2. The van der Waals surface area contributed by atoms with E-state index in [0.717, 1.165) is 0 Å². The van der Waals surface area contributed by atoms with Crippen molar-refractivity contribution >= 4 is 11.7 Å². The number of halogens is 3. The average Bonchev–Trinajstić information content (AvgIpc) is 2.61. The van der Waals surface area contributed by atoms with Crippen molar-refractivity contribution in [2.24, 2.45) is 0 Å². The molecule has 1 amide bonds. The van der Waals surface area contributed by atoms with Gasteiger partial charge in [0.1, 0.15) is 11.8 Å². The van der Waals surface area contributed by atoms with Gasteiger partial charge in [0.05, 0.1) is 0 Å². The number of nitrogens with one attached hydrogen (secondary N) is 2. The molecule has 1 heterocycles. The van der Waals surface area contributed by atoms with Gasteiger partial charge in [-0.05, 0) is 13.3 Å². The van der Waals surface area contributed by atoms with Gasteiger partial charge in [0, 0.05) is 12.7 Å². The first-order valence-electron chi connectivity index (χ1n) is 5.27. The molecule has 0 aliphatic carbocycles. The Morgan fingerprint density at radius 2 is 2.17 bits per heavy atom.